The quantitative estimate of drug-likeness (QED) is 0.341. The van der Waals surface area contributed by atoms with Crippen LogP contribution in [-0.2, 0) is 6.54 Å². The van der Waals surface area contributed by atoms with Crippen LogP contribution in [0.3, 0.4) is 0 Å². The summed E-state index contributed by atoms with van der Waals surface area (Å²) in [4.78, 5) is 9.66. The molecule has 2 saturated heterocycles. The summed E-state index contributed by atoms with van der Waals surface area (Å²) in [6, 6.07) is 8.40. The van der Waals surface area contributed by atoms with Gasteiger partial charge in [0, 0.05) is 38.8 Å². The Morgan fingerprint density at radius 2 is 1.86 bits per heavy atom. The molecule has 0 aromatic heterocycles. The molecule has 1 N–H and O–H groups in total. The highest BCUT2D eigenvalue weighted by molar-refractivity contribution is 14.0. The summed E-state index contributed by atoms with van der Waals surface area (Å²) in [7, 11) is 1.90. The van der Waals surface area contributed by atoms with Crippen LogP contribution in [0, 0.1) is 11.8 Å². The average molecular weight is 512 g/mol. The number of nitrogens with zero attached hydrogens (tertiary/aromatic N) is 3. The first-order valence-electron chi connectivity index (χ1n) is 11.2. The van der Waals surface area contributed by atoms with Crippen molar-refractivity contribution in [3.63, 3.8) is 0 Å². The summed E-state index contributed by atoms with van der Waals surface area (Å²) in [6.45, 7) is 7.69. The summed E-state index contributed by atoms with van der Waals surface area (Å²) in [5.41, 5.74) is 1.22. The number of likely N-dealkylation sites (tertiary alicyclic amines) is 2. The number of aliphatic imine (C=N–C) groups is 1. The molecule has 3 fully saturated rings. The standard InChI is InChI=1S/C23H36N4O.HI/c1-24-23(27-14-11-20(17-27)16-26-12-5-2-6-13-26)25-15-21-7-3-4-8-22(21)28-18-19-9-10-19;/h3-4,7-8,19-20H,2,5-6,9-18H2,1H3,(H,24,25);1H. The molecule has 1 unspecified atom stereocenters. The van der Waals surface area contributed by atoms with Gasteiger partial charge in [-0.2, -0.15) is 0 Å². The highest BCUT2D eigenvalue weighted by Crippen LogP contribution is 2.30. The molecule has 2 aliphatic heterocycles. The predicted molar refractivity (Wildman–Crippen MR) is 130 cm³/mol. The van der Waals surface area contributed by atoms with Crippen molar-refractivity contribution in [3.8, 4) is 5.75 Å². The lowest BCUT2D eigenvalue weighted by Gasteiger charge is -2.29. The van der Waals surface area contributed by atoms with Gasteiger partial charge in [0.1, 0.15) is 5.75 Å². The van der Waals surface area contributed by atoms with E-state index in [9.17, 15) is 0 Å². The van der Waals surface area contributed by atoms with Crippen LogP contribution in [-0.4, -0.2) is 62.1 Å². The zero-order valence-electron chi connectivity index (χ0n) is 17.8. The lowest BCUT2D eigenvalue weighted by Crippen LogP contribution is -2.41. The number of hydrogen-bond donors (Lipinski definition) is 1. The van der Waals surface area contributed by atoms with Gasteiger partial charge in [-0.1, -0.05) is 24.6 Å². The van der Waals surface area contributed by atoms with Crippen molar-refractivity contribution in [1.82, 2.24) is 15.1 Å². The zero-order valence-corrected chi connectivity index (χ0v) is 20.1. The summed E-state index contributed by atoms with van der Waals surface area (Å²) in [6.07, 6.45) is 8.08. The number of ether oxygens (including phenoxy) is 1. The fourth-order valence-corrected chi connectivity index (χ4v) is 4.47. The first-order valence-corrected chi connectivity index (χ1v) is 11.2. The Morgan fingerprint density at radius 1 is 1.07 bits per heavy atom. The molecular weight excluding hydrogens is 475 g/mol. The molecule has 1 atom stereocenters. The second kappa shape index (κ2) is 11.4. The lowest BCUT2D eigenvalue weighted by molar-refractivity contribution is 0.198. The van der Waals surface area contributed by atoms with Gasteiger partial charge in [-0.3, -0.25) is 4.99 Å². The highest BCUT2D eigenvalue weighted by atomic mass is 127. The lowest BCUT2D eigenvalue weighted by atomic mass is 10.1. The van der Waals surface area contributed by atoms with Crippen molar-refractivity contribution in [3.05, 3.63) is 29.8 Å². The van der Waals surface area contributed by atoms with Crippen LogP contribution in [0.15, 0.2) is 29.3 Å². The molecule has 162 valence electrons. The Kier molecular flexibility index (Phi) is 8.90. The normalized spacial score (nSPS) is 23.0. The number of halogens is 1. The first-order chi connectivity index (χ1) is 13.8. The molecule has 2 heterocycles. The molecule has 6 heteroatoms. The molecule has 0 amide bonds. The van der Waals surface area contributed by atoms with Gasteiger partial charge in [-0.15, -0.1) is 24.0 Å². The van der Waals surface area contributed by atoms with Crippen LogP contribution in [0.4, 0.5) is 0 Å². The number of nitrogens with one attached hydrogen (secondary N) is 1. The number of para-hydroxylation sites is 1. The third kappa shape index (κ3) is 6.74. The van der Waals surface area contributed by atoms with Crippen LogP contribution in [0.2, 0.25) is 0 Å². The third-order valence-corrected chi connectivity index (χ3v) is 6.34. The molecule has 29 heavy (non-hydrogen) atoms. The zero-order chi connectivity index (χ0) is 19.2. The molecule has 0 spiro atoms. The maximum atomic E-state index is 6.06. The molecule has 5 nitrogen and oxygen atoms in total. The fourth-order valence-electron chi connectivity index (χ4n) is 4.47. The SMILES string of the molecule is CN=C(NCc1ccccc1OCC1CC1)N1CCC(CN2CCCCC2)C1.I. The van der Waals surface area contributed by atoms with E-state index in [0.29, 0.717) is 0 Å². The van der Waals surface area contributed by atoms with E-state index in [0.717, 1.165) is 49.8 Å². The van der Waals surface area contributed by atoms with Gasteiger partial charge < -0.3 is 19.9 Å². The van der Waals surface area contributed by atoms with E-state index in [-0.39, 0.29) is 24.0 Å². The molecule has 1 aromatic rings. The van der Waals surface area contributed by atoms with Gasteiger partial charge in [-0.25, -0.2) is 0 Å². The second-order valence-corrected chi connectivity index (χ2v) is 8.72. The van der Waals surface area contributed by atoms with Crippen molar-refractivity contribution >= 4 is 29.9 Å². The monoisotopic (exact) mass is 512 g/mol. The minimum absolute atomic E-state index is 0. The molecule has 1 saturated carbocycles. The van der Waals surface area contributed by atoms with Gasteiger partial charge in [0.15, 0.2) is 5.96 Å². The van der Waals surface area contributed by atoms with Gasteiger partial charge in [-0.05, 0) is 63.1 Å². The first kappa shape index (κ1) is 22.7. The largest absolute Gasteiger partial charge is 0.493 e. The van der Waals surface area contributed by atoms with Crippen molar-refractivity contribution in [2.75, 3.05) is 46.4 Å². The van der Waals surface area contributed by atoms with Gasteiger partial charge in [0.2, 0.25) is 0 Å². The molecule has 4 rings (SSSR count). The van der Waals surface area contributed by atoms with Crippen molar-refractivity contribution in [2.24, 2.45) is 16.8 Å². The fraction of sp³-hybridized carbons (Fsp3) is 0.696. The van der Waals surface area contributed by atoms with Gasteiger partial charge >= 0.3 is 0 Å². The smallest absolute Gasteiger partial charge is 0.193 e. The molecule has 3 aliphatic rings. The Bertz CT molecular complexity index is 658. The summed E-state index contributed by atoms with van der Waals surface area (Å²) in [5, 5.41) is 3.58. The van der Waals surface area contributed by atoms with Crippen LogP contribution >= 0.6 is 24.0 Å². The van der Waals surface area contributed by atoms with Crippen molar-refractivity contribution in [2.45, 2.75) is 45.1 Å². The average Bonchev–Trinajstić information content (AvgIpc) is 3.46. The van der Waals surface area contributed by atoms with E-state index in [1.807, 2.05) is 7.05 Å². The summed E-state index contributed by atoms with van der Waals surface area (Å²) < 4.78 is 6.06. The maximum Gasteiger partial charge on any atom is 0.193 e. The van der Waals surface area contributed by atoms with E-state index in [1.54, 1.807) is 0 Å². The van der Waals surface area contributed by atoms with Crippen LogP contribution in [0.25, 0.3) is 0 Å². The second-order valence-electron chi connectivity index (χ2n) is 8.72. The van der Waals surface area contributed by atoms with Crippen molar-refractivity contribution < 1.29 is 4.74 Å². The predicted octanol–water partition coefficient (Wildman–Crippen LogP) is 3.98. The van der Waals surface area contributed by atoms with E-state index >= 15 is 0 Å². The van der Waals surface area contributed by atoms with Gasteiger partial charge in [0.25, 0.3) is 0 Å². The van der Waals surface area contributed by atoms with E-state index in [2.05, 4.69) is 44.4 Å². The van der Waals surface area contributed by atoms with E-state index in [1.165, 1.54) is 63.7 Å². The summed E-state index contributed by atoms with van der Waals surface area (Å²) >= 11 is 0. The number of hydrogen-bond acceptors (Lipinski definition) is 3. The number of piperidine rings is 1. The van der Waals surface area contributed by atoms with Gasteiger partial charge in [0.05, 0.1) is 6.61 Å². The molecule has 1 aromatic carbocycles. The molecule has 1 aliphatic carbocycles. The van der Waals surface area contributed by atoms with Crippen LogP contribution in [0.5, 0.6) is 5.75 Å². The number of rotatable bonds is 7. The summed E-state index contributed by atoms with van der Waals surface area (Å²) in [5.74, 6) is 3.58. The van der Waals surface area contributed by atoms with Crippen LogP contribution < -0.4 is 10.1 Å². The Labute approximate surface area is 193 Å². The third-order valence-electron chi connectivity index (χ3n) is 6.34. The molecule has 0 radical (unpaired) electrons. The molecule has 0 bridgehead atoms. The highest BCUT2D eigenvalue weighted by Gasteiger charge is 2.27. The molecular formula is C23H37IN4O. The van der Waals surface area contributed by atoms with Crippen LogP contribution in [0.1, 0.15) is 44.1 Å². The minimum atomic E-state index is 0. The van der Waals surface area contributed by atoms with E-state index in [4.69, 9.17) is 4.74 Å². The minimum Gasteiger partial charge on any atom is -0.493 e. The number of guanidine groups is 1. The Balaban J connectivity index is 0.00000240. The Morgan fingerprint density at radius 3 is 2.62 bits per heavy atom. The Hall–Kier alpha value is -1.02. The topological polar surface area (TPSA) is 40.1 Å². The maximum absolute atomic E-state index is 6.06. The van der Waals surface area contributed by atoms with Crippen molar-refractivity contribution in [1.29, 1.82) is 0 Å². The van der Waals surface area contributed by atoms with E-state index < -0.39 is 0 Å². The number of benzene rings is 1.